The average molecular weight is 326 g/mol. The summed E-state index contributed by atoms with van der Waals surface area (Å²) in [5, 5.41) is 28.1. The van der Waals surface area contributed by atoms with Crippen molar-refractivity contribution >= 4 is 11.9 Å². The van der Waals surface area contributed by atoms with E-state index in [1.807, 2.05) is 11.8 Å². The van der Waals surface area contributed by atoms with Crippen molar-refractivity contribution in [3.63, 3.8) is 0 Å². The van der Waals surface area contributed by atoms with Crippen LogP contribution < -0.4 is 0 Å². The van der Waals surface area contributed by atoms with Gasteiger partial charge in [0.2, 0.25) is 0 Å². The maximum absolute atomic E-state index is 11.3. The lowest BCUT2D eigenvalue weighted by Gasteiger charge is -2.29. The summed E-state index contributed by atoms with van der Waals surface area (Å²) in [5.41, 5.74) is 0.00249. The molecule has 1 saturated carbocycles. The molecule has 5 atom stereocenters. The smallest absolute Gasteiger partial charge is 0.321 e. The maximum Gasteiger partial charge on any atom is 0.321 e. The Morgan fingerprint density at radius 1 is 1.30 bits per heavy atom. The quantitative estimate of drug-likeness (QED) is 0.635. The summed E-state index contributed by atoms with van der Waals surface area (Å²) in [7, 11) is 0. The second-order valence-electron chi connectivity index (χ2n) is 7.56. The number of β-amino-alcohol motifs (C(OH)–C–C–N with tert-alkyl or cyclic N) is 1. The monoisotopic (exact) mass is 326 g/mol. The van der Waals surface area contributed by atoms with Gasteiger partial charge < -0.3 is 20.2 Å². The molecule has 0 amide bonds. The maximum atomic E-state index is 11.3. The first-order chi connectivity index (χ1) is 10.8. The molecule has 0 aromatic carbocycles. The molecule has 3 rings (SSSR count). The van der Waals surface area contributed by atoms with Crippen molar-refractivity contribution in [2.45, 2.75) is 50.8 Å². The lowest BCUT2D eigenvalue weighted by molar-refractivity contribution is -0.143. The summed E-state index contributed by atoms with van der Waals surface area (Å²) in [6.45, 7) is 5.07. The summed E-state index contributed by atoms with van der Waals surface area (Å²) in [6.07, 6.45) is 2.33. The first-order valence-electron chi connectivity index (χ1n) is 8.44. The van der Waals surface area contributed by atoms with Crippen molar-refractivity contribution in [1.82, 2.24) is 9.80 Å². The Morgan fingerprint density at radius 2 is 2.04 bits per heavy atom. The van der Waals surface area contributed by atoms with Crippen LogP contribution >= 0.6 is 0 Å². The first kappa shape index (κ1) is 16.7. The molecule has 2 heterocycles. The Morgan fingerprint density at radius 3 is 2.65 bits per heavy atom. The summed E-state index contributed by atoms with van der Waals surface area (Å²) in [4.78, 5) is 26.6. The summed E-state index contributed by atoms with van der Waals surface area (Å²) < 4.78 is 0. The highest BCUT2D eigenvalue weighted by atomic mass is 16.4. The molecule has 3 aliphatic rings. The number of likely N-dealkylation sites (tertiary alicyclic amines) is 2. The fraction of sp³-hybridized carbons (Fsp3) is 0.875. The minimum atomic E-state index is -0.865. The molecular formula is C16H26N2O5. The van der Waals surface area contributed by atoms with E-state index >= 15 is 0 Å². The predicted octanol–water partition coefficient (Wildman–Crippen LogP) is 0.0814. The van der Waals surface area contributed by atoms with E-state index in [1.54, 1.807) is 0 Å². The van der Waals surface area contributed by atoms with Crippen LogP contribution in [-0.2, 0) is 9.59 Å². The highest BCUT2D eigenvalue weighted by Crippen LogP contribution is 2.58. The van der Waals surface area contributed by atoms with Gasteiger partial charge in [0.1, 0.15) is 6.04 Å². The second-order valence-corrected chi connectivity index (χ2v) is 7.56. The average Bonchev–Trinajstić information content (AvgIpc) is 2.82. The minimum absolute atomic E-state index is 0.00249. The van der Waals surface area contributed by atoms with Gasteiger partial charge in [-0.05, 0) is 44.7 Å². The standard InChI is InChI=1S/C16H26N2O5/c1-10(18-8-11(19)6-13(18)15(22)23)2-4-17-5-3-16(9-17)7-12(16)14(20)21/h10-13,19H,2-9H2,1H3,(H,20,21)(H,22,23). The second kappa shape index (κ2) is 6.03. The number of aliphatic carboxylic acids is 2. The van der Waals surface area contributed by atoms with Crippen LogP contribution in [0.2, 0.25) is 0 Å². The Bertz CT molecular complexity index is 499. The Kier molecular flexibility index (Phi) is 4.37. The van der Waals surface area contributed by atoms with Crippen LogP contribution in [0.5, 0.6) is 0 Å². The molecule has 0 aromatic rings. The van der Waals surface area contributed by atoms with Crippen molar-refractivity contribution in [2.24, 2.45) is 11.3 Å². The van der Waals surface area contributed by atoms with Gasteiger partial charge in [0.15, 0.2) is 0 Å². The number of hydrogen-bond acceptors (Lipinski definition) is 5. The van der Waals surface area contributed by atoms with Crippen molar-refractivity contribution in [3.05, 3.63) is 0 Å². The van der Waals surface area contributed by atoms with E-state index in [0.717, 1.165) is 38.9 Å². The molecule has 5 unspecified atom stereocenters. The van der Waals surface area contributed by atoms with Crippen LogP contribution in [-0.4, -0.2) is 81.4 Å². The predicted molar refractivity (Wildman–Crippen MR) is 82.1 cm³/mol. The molecule has 0 aromatic heterocycles. The van der Waals surface area contributed by atoms with Crippen LogP contribution in [0.25, 0.3) is 0 Å². The summed E-state index contributed by atoms with van der Waals surface area (Å²) in [6, 6.07) is -0.496. The number of carbonyl (C=O) groups is 2. The van der Waals surface area contributed by atoms with Gasteiger partial charge in [-0.3, -0.25) is 14.5 Å². The topological polar surface area (TPSA) is 101 Å². The van der Waals surface area contributed by atoms with Crippen LogP contribution in [0, 0.1) is 11.3 Å². The molecule has 0 radical (unpaired) electrons. The van der Waals surface area contributed by atoms with Gasteiger partial charge in [0, 0.05) is 25.6 Å². The number of aliphatic hydroxyl groups excluding tert-OH is 1. The molecule has 130 valence electrons. The van der Waals surface area contributed by atoms with Crippen LogP contribution in [0.15, 0.2) is 0 Å². The van der Waals surface area contributed by atoms with Gasteiger partial charge in [-0.1, -0.05) is 0 Å². The van der Waals surface area contributed by atoms with Gasteiger partial charge in [-0.2, -0.15) is 0 Å². The molecule has 0 bridgehead atoms. The van der Waals surface area contributed by atoms with Gasteiger partial charge in [0.05, 0.1) is 12.0 Å². The zero-order chi connectivity index (χ0) is 16.8. The molecule has 1 spiro atoms. The van der Waals surface area contributed by atoms with Gasteiger partial charge in [-0.15, -0.1) is 0 Å². The van der Waals surface area contributed by atoms with Gasteiger partial charge in [-0.25, -0.2) is 0 Å². The Balaban J connectivity index is 1.48. The molecule has 7 nitrogen and oxygen atoms in total. The van der Waals surface area contributed by atoms with E-state index in [2.05, 4.69) is 4.90 Å². The molecule has 7 heteroatoms. The van der Waals surface area contributed by atoms with Gasteiger partial charge in [0.25, 0.3) is 0 Å². The molecule has 3 fully saturated rings. The van der Waals surface area contributed by atoms with E-state index in [0.29, 0.717) is 13.0 Å². The molecule has 3 N–H and O–H groups in total. The number of carboxylic acid groups (broad SMARTS) is 2. The molecule has 2 aliphatic heterocycles. The number of hydrogen-bond donors (Lipinski definition) is 3. The third kappa shape index (κ3) is 3.22. The zero-order valence-corrected chi connectivity index (χ0v) is 13.5. The van der Waals surface area contributed by atoms with E-state index in [-0.39, 0.29) is 17.4 Å². The Labute approximate surface area is 135 Å². The summed E-state index contributed by atoms with van der Waals surface area (Å²) >= 11 is 0. The van der Waals surface area contributed by atoms with Gasteiger partial charge >= 0.3 is 11.9 Å². The van der Waals surface area contributed by atoms with Crippen molar-refractivity contribution in [3.8, 4) is 0 Å². The fourth-order valence-electron chi connectivity index (χ4n) is 4.43. The zero-order valence-electron chi connectivity index (χ0n) is 13.5. The van der Waals surface area contributed by atoms with Crippen molar-refractivity contribution < 1.29 is 24.9 Å². The molecule has 1 aliphatic carbocycles. The first-order valence-corrected chi connectivity index (χ1v) is 8.44. The largest absolute Gasteiger partial charge is 0.481 e. The summed E-state index contributed by atoms with van der Waals surface area (Å²) in [5.74, 6) is -1.71. The number of aliphatic hydroxyl groups is 1. The third-order valence-electron chi connectivity index (χ3n) is 5.98. The van der Waals surface area contributed by atoms with E-state index in [4.69, 9.17) is 5.11 Å². The van der Waals surface area contributed by atoms with Crippen molar-refractivity contribution in [1.29, 1.82) is 0 Å². The molecule has 23 heavy (non-hydrogen) atoms. The third-order valence-corrected chi connectivity index (χ3v) is 5.98. The fourth-order valence-corrected chi connectivity index (χ4v) is 4.43. The number of carboxylic acids is 2. The normalized spacial score (nSPS) is 39.0. The number of rotatable bonds is 6. The van der Waals surface area contributed by atoms with Crippen LogP contribution in [0.3, 0.4) is 0 Å². The number of nitrogens with zero attached hydrogens (tertiary/aromatic N) is 2. The minimum Gasteiger partial charge on any atom is -0.481 e. The molecule has 2 saturated heterocycles. The van der Waals surface area contributed by atoms with E-state index in [9.17, 15) is 19.8 Å². The highest BCUT2D eigenvalue weighted by molar-refractivity contribution is 5.75. The van der Waals surface area contributed by atoms with Crippen LogP contribution in [0.4, 0.5) is 0 Å². The van der Waals surface area contributed by atoms with E-state index < -0.39 is 24.1 Å². The van der Waals surface area contributed by atoms with Crippen molar-refractivity contribution in [2.75, 3.05) is 26.2 Å². The SMILES string of the molecule is CC(CCN1CCC2(CC2C(=O)O)C1)N1CC(O)CC1C(=O)O. The van der Waals surface area contributed by atoms with Crippen LogP contribution in [0.1, 0.15) is 32.6 Å². The Hall–Kier alpha value is -1.18. The lowest BCUT2D eigenvalue weighted by Crippen LogP contribution is -2.43. The van der Waals surface area contributed by atoms with E-state index in [1.165, 1.54) is 0 Å². The highest BCUT2D eigenvalue weighted by Gasteiger charge is 2.60. The molecular weight excluding hydrogens is 300 g/mol. The lowest BCUT2D eigenvalue weighted by atomic mass is 10.0.